The van der Waals surface area contributed by atoms with E-state index >= 15 is 0 Å². The Kier molecular flexibility index (Phi) is 4.20. The smallest absolute Gasteiger partial charge is 0.416 e. The van der Waals surface area contributed by atoms with Gasteiger partial charge in [-0.05, 0) is 37.6 Å². The predicted octanol–water partition coefficient (Wildman–Crippen LogP) is 4.79. The quantitative estimate of drug-likeness (QED) is 0.416. The number of nitrogens with zero attached hydrogens (tertiary/aromatic N) is 2. The van der Waals surface area contributed by atoms with Crippen LogP contribution in [0.4, 0.5) is 18.9 Å². The molecule has 0 aromatic heterocycles. The number of epoxide rings is 1. The largest absolute Gasteiger partial charge is 0.476 e. The number of hydrogen-bond donors (Lipinski definition) is 0. The SMILES string of the molecule is CC1(C)COC([C@@]2(c3ccccc3[N+](=O)[O-])O[C@@H]2c2ccc(C(F)(F)F)cc2)=N1. The van der Waals surface area contributed by atoms with Crippen molar-refractivity contribution in [3.63, 3.8) is 0 Å². The first kappa shape index (κ1) is 19.4. The van der Waals surface area contributed by atoms with Crippen molar-refractivity contribution in [3.8, 4) is 0 Å². The molecule has 0 unspecified atom stereocenters. The van der Waals surface area contributed by atoms with Gasteiger partial charge in [-0.3, -0.25) is 10.1 Å². The lowest BCUT2D eigenvalue weighted by Gasteiger charge is -2.14. The Balaban J connectivity index is 1.80. The van der Waals surface area contributed by atoms with Crippen LogP contribution in [0.5, 0.6) is 0 Å². The highest BCUT2D eigenvalue weighted by Gasteiger charge is 2.67. The van der Waals surface area contributed by atoms with Gasteiger partial charge < -0.3 is 9.47 Å². The Bertz CT molecular complexity index is 1000. The highest BCUT2D eigenvalue weighted by molar-refractivity contribution is 5.93. The van der Waals surface area contributed by atoms with E-state index in [0.29, 0.717) is 5.56 Å². The van der Waals surface area contributed by atoms with Gasteiger partial charge in [0.25, 0.3) is 5.69 Å². The van der Waals surface area contributed by atoms with E-state index in [-0.39, 0.29) is 23.8 Å². The summed E-state index contributed by atoms with van der Waals surface area (Å²) < 4.78 is 50.3. The number of nitro groups is 1. The molecule has 2 aromatic carbocycles. The van der Waals surface area contributed by atoms with Crippen molar-refractivity contribution in [2.75, 3.05) is 6.61 Å². The molecule has 29 heavy (non-hydrogen) atoms. The molecule has 0 spiro atoms. The molecule has 4 rings (SSSR count). The molecule has 6 nitrogen and oxygen atoms in total. The number of halogens is 3. The van der Waals surface area contributed by atoms with Crippen molar-refractivity contribution in [2.45, 2.75) is 37.3 Å². The molecule has 2 heterocycles. The van der Waals surface area contributed by atoms with Gasteiger partial charge in [0.1, 0.15) is 12.7 Å². The van der Waals surface area contributed by atoms with E-state index in [9.17, 15) is 23.3 Å². The van der Waals surface area contributed by atoms with E-state index in [0.717, 1.165) is 12.1 Å². The van der Waals surface area contributed by atoms with Crippen LogP contribution in [0.3, 0.4) is 0 Å². The molecule has 9 heteroatoms. The predicted molar refractivity (Wildman–Crippen MR) is 97.5 cm³/mol. The maximum Gasteiger partial charge on any atom is 0.416 e. The Morgan fingerprint density at radius 1 is 1.14 bits per heavy atom. The number of rotatable bonds is 4. The molecule has 152 valence electrons. The van der Waals surface area contributed by atoms with Crippen molar-refractivity contribution in [1.82, 2.24) is 0 Å². The van der Waals surface area contributed by atoms with E-state index in [2.05, 4.69) is 4.99 Å². The molecule has 1 saturated heterocycles. The lowest BCUT2D eigenvalue weighted by Crippen LogP contribution is -2.25. The number of aliphatic imine (C=N–C) groups is 1. The Morgan fingerprint density at radius 3 is 2.34 bits per heavy atom. The summed E-state index contributed by atoms with van der Waals surface area (Å²) in [5.74, 6) is 0.196. The normalized spacial score (nSPS) is 25.3. The zero-order valence-electron chi connectivity index (χ0n) is 15.6. The maximum atomic E-state index is 12.9. The molecule has 0 N–H and O–H groups in total. The minimum absolute atomic E-state index is 0.169. The minimum Gasteiger partial charge on any atom is -0.476 e. The van der Waals surface area contributed by atoms with Crippen LogP contribution >= 0.6 is 0 Å². The van der Waals surface area contributed by atoms with Gasteiger partial charge in [0.15, 0.2) is 0 Å². The number of alkyl halides is 3. The monoisotopic (exact) mass is 406 g/mol. The Hall–Kier alpha value is -2.94. The first-order valence-electron chi connectivity index (χ1n) is 8.87. The maximum absolute atomic E-state index is 12.9. The van der Waals surface area contributed by atoms with Crippen LogP contribution in [0, 0.1) is 10.1 Å². The van der Waals surface area contributed by atoms with Crippen LogP contribution in [0.1, 0.15) is 36.6 Å². The summed E-state index contributed by atoms with van der Waals surface area (Å²) in [5, 5.41) is 11.6. The summed E-state index contributed by atoms with van der Waals surface area (Å²) in [4.78, 5) is 15.6. The topological polar surface area (TPSA) is 77.3 Å². The van der Waals surface area contributed by atoms with Crippen LogP contribution < -0.4 is 0 Å². The van der Waals surface area contributed by atoms with E-state index in [1.54, 1.807) is 12.1 Å². The summed E-state index contributed by atoms with van der Waals surface area (Å²) in [6.45, 7) is 3.97. The number of hydrogen-bond acceptors (Lipinski definition) is 5. The fourth-order valence-corrected chi connectivity index (χ4v) is 3.51. The molecule has 0 amide bonds. The van der Waals surface area contributed by atoms with Crippen LogP contribution in [0.25, 0.3) is 0 Å². The summed E-state index contributed by atoms with van der Waals surface area (Å²) in [5.41, 5.74) is -2.13. The van der Waals surface area contributed by atoms with Gasteiger partial charge in [0.2, 0.25) is 11.5 Å². The van der Waals surface area contributed by atoms with E-state index in [1.165, 1.54) is 24.3 Å². The summed E-state index contributed by atoms with van der Waals surface area (Å²) in [7, 11) is 0. The fourth-order valence-electron chi connectivity index (χ4n) is 3.51. The minimum atomic E-state index is -4.46. The lowest BCUT2D eigenvalue weighted by atomic mass is 9.89. The van der Waals surface area contributed by atoms with E-state index < -0.39 is 33.9 Å². The number of benzene rings is 2. The molecule has 0 saturated carbocycles. The van der Waals surface area contributed by atoms with Gasteiger partial charge in [0.05, 0.1) is 21.6 Å². The molecule has 0 bridgehead atoms. The Labute approximate surface area is 164 Å². The van der Waals surface area contributed by atoms with Gasteiger partial charge in [-0.1, -0.05) is 24.3 Å². The summed E-state index contributed by atoms with van der Waals surface area (Å²) >= 11 is 0. The van der Waals surface area contributed by atoms with E-state index in [4.69, 9.17) is 9.47 Å². The van der Waals surface area contributed by atoms with Gasteiger partial charge in [0, 0.05) is 6.07 Å². The van der Waals surface area contributed by atoms with Gasteiger partial charge in [-0.2, -0.15) is 13.2 Å². The third kappa shape index (κ3) is 3.25. The second-order valence-electron chi connectivity index (χ2n) is 7.65. The molecule has 2 atom stereocenters. The molecule has 2 aliphatic rings. The lowest BCUT2D eigenvalue weighted by molar-refractivity contribution is -0.385. The number of ether oxygens (including phenoxy) is 2. The molecule has 0 radical (unpaired) electrons. The number of para-hydroxylation sites is 1. The van der Waals surface area contributed by atoms with Gasteiger partial charge >= 0.3 is 6.18 Å². The van der Waals surface area contributed by atoms with Crippen molar-refractivity contribution in [1.29, 1.82) is 0 Å². The van der Waals surface area contributed by atoms with E-state index in [1.807, 2.05) is 13.8 Å². The molecular formula is C20H17F3N2O4. The molecule has 1 fully saturated rings. The second kappa shape index (κ2) is 6.28. The zero-order chi connectivity index (χ0) is 21.0. The van der Waals surface area contributed by atoms with Crippen molar-refractivity contribution in [3.05, 3.63) is 75.3 Å². The van der Waals surface area contributed by atoms with Gasteiger partial charge in [-0.15, -0.1) is 0 Å². The Morgan fingerprint density at radius 2 is 1.79 bits per heavy atom. The first-order chi connectivity index (χ1) is 13.5. The molecule has 2 aliphatic heterocycles. The molecule has 0 aliphatic carbocycles. The van der Waals surface area contributed by atoms with Crippen molar-refractivity contribution >= 4 is 11.6 Å². The van der Waals surface area contributed by atoms with Crippen molar-refractivity contribution in [2.24, 2.45) is 4.99 Å². The van der Waals surface area contributed by atoms with Crippen LogP contribution in [0.2, 0.25) is 0 Å². The highest BCUT2D eigenvalue weighted by atomic mass is 19.4. The third-order valence-electron chi connectivity index (χ3n) is 4.94. The van der Waals surface area contributed by atoms with Gasteiger partial charge in [-0.25, -0.2) is 4.99 Å². The third-order valence-corrected chi connectivity index (χ3v) is 4.94. The second-order valence-corrected chi connectivity index (χ2v) is 7.65. The first-order valence-corrected chi connectivity index (χ1v) is 8.87. The standard InChI is InChI=1S/C20H17F3N2O4/c1-18(2)11-28-17(24-18)19(14-5-3-4-6-15(14)25(26)27)16(29-19)12-7-9-13(10-8-12)20(21,22)23/h3-10,16H,11H2,1-2H3/t16-,19+/m1/s1. The van der Waals surface area contributed by atoms with Crippen LogP contribution in [-0.4, -0.2) is 23.0 Å². The average molecular weight is 406 g/mol. The molecular weight excluding hydrogens is 389 g/mol. The van der Waals surface area contributed by atoms with Crippen LogP contribution in [0.15, 0.2) is 53.5 Å². The highest BCUT2D eigenvalue weighted by Crippen LogP contribution is 2.61. The summed E-state index contributed by atoms with van der Waals surface area (Å²) in [6.07, 6.45) is -5.21. The fraction of sp³-hybridized carbons (Fsp3) is 0.350. The van der Waals surface area contributed by atoms with Crippen molar-refractivity contribution < 1.29 is 27.6 Å². The summed E-state index contributed by atoms with van der Waals surface area (Å²) in [6, 6.07) is 10.6. The number of nitro benzene ring substituents is 1. The molecule has 2 aromatic rings. The zero-order valence-corrected chi connectivity index (χ0v) is 15.6. The van der Waals surface area contributed by atoms with Crippen LogP contribution in [-0.2, 0) is 21.3 Å². The average Bonchev–Trinajstić information content (AvgIpc) is 3.31.